The fourth-order valence-electron chi connectivity index (χ4n) is 4.20. The lowest BCUT2D eigenvalue weighted by Crippen LogP contribution is -2.15. The van der Waals surface area contributed by atoms with Gasteiger partial charge in [-0.25, -0.2) is 0 Å². The summed E-state index contributed by atoms with van der Waals surface area (Å²) in [6, 6.07) is 22.4. The van der Waals surface area contributed by atoms with E-state index in [1.807, 2.05) is 73.6 Å². The number of benzene rings is 3. The molecule has 0 aliphatic carbocycles. The van der Waals surface area contributed by atoms with Gasteiger partial charge in [0.1, 0.15) is 0 Å². The largest absolute Gasteiger partial charge is 0.322 e. The van der Waals surface area contributed by atoms with E-state index in [1.54, 1.807) is 0 Å². The van der Waals surface area contributed by atoms with Gasteiger partial charge >= 0.3 is 0 Å². The second-order valence-electron chi connectivity index (χ2n) is 8.86. The van der Waals surface area contributed by atoms with Crippen LogP contribution < -0.4 is 9.62 Å². The van der Waals surface area contributed by atoms with Gasteiger partial charge < -0.3 is 9.62 Å². The fourth-order valence-corrected chi connectivity index (χ4v) is 5.20. The van der Waals surface area contributed by atoms with E-state index in [1.165, 1.54) is 18.5 Å². The molecule has 5 heteroatoms. The van der Waals surface area contributed by atoms with Crippen molar-refractivity contribution in [2.75, 3.05) is 21.9 Å². The third-order valence-electron chi connectivity index (χ3n) is 5.92. The first kappa shape index (κ1) is 24.8. The summed E-state index contributed by atoms with van der Waals surface area (Å²) in [6.45, 7) is 9.38. The maximum Gasteiger partial charge on any atom is 0.255 e. The van der Waals surface area contributed by atoms with E-state index in [2.05, 4.69) is 53.6 Å². The Labute approximate surface area is 212 Å². The molecule has 1 saturated heterocycles. The maximum absolute atomic E-state index is 13.1. The number of aromatic nitrogens is 1. The van der Waals surface area contributed by atoms with Crippen LogP contribution in [-0.2, 0) is 0 Å². The minimum atomic E-state index is -0.0937. The summed E-state index contributed by atoms with van der Waals surface area (Å²) in [5.74, 6) is 1.06. The number of hydrogen-bond donors (Lipinski definition) is 1. The quantitative estimate of drug-likeness (QED) is 0.298. The minimum absolute atomic E-state index is 0.0937. The minimum Gasteiger partial charge on any atom is -0.322 e. The Morgan fingerprint density at radius 3 is 2.54 bits per heavy atom. The molecule has 5 rings (SSSR count). The van der Waals surface area contributed by atoms with Crippen molar-refractivity contribution in [1.82, 2.24) is 4.98 Å². The van der Waals surface area contributed by atoms with E-state index in [9.17, 15) is 4.79 Å². The van der Waals surface area contributed by atoms with Gasteiger partial charge in [-0.05, 0) is 85.1 Å². The molecule has 4 nitrogen and oxygen atoms in total. The van der Waals surface area contributed by atoms with Crippen molar-refractivity contribution in [2.24, 2.45) is 0 Å². The summed E-state index contributed by atoms with van der Waals surface area (Å²) in [6.07, 6.45) is 4.29. The summed E-state index contributed by atoms with van der Waals surface area (Å²) >= 11 is 1.85. The number of hydrogen-bond acceptors (Lipinski definition) is 4. The molecule has 0 radical (unpaired) electrons. The number of aryl methyl sites for hydroxylation is 2. The van der Waals surface area contributed by atoms with Crippen LogP contribution in [0.1, 0.15) is 48.2 Å². The van der Waals surface area contributed by atoms with Gasteiger partial charge in [-0.15, -0.1) is 0 Å². The highest BCUT2D eigenvalue weighted by molar-refractivity contribution is 8.00. The lowest BCUT2D eigenvalue weighted by Gasteiger charge is -2.18. The molecule has 4 aromatic rings. The highest BCUT2D eigenvalue weighted by Crippen LogP contribution is 2.32. The molecule has 0 bridgehead atoms. The summed E-state index contributed by atoms with van der Waals surface area (Å²) in [5, 5.41) is 5.34. The van der Waals surface area contributed by atoms with E-state index in [0.29, 0.717) is 5.56 Å². The first-order valence-corrected chi connectivity index (χ1v) is 13.2. The van der Waals surface area contributed by atoms with Crippen LogP contribution in [0.5, 0.6) is 0 Å². The van der Waals surface area contributed by atoms with Gasteiger partial charge in [0, 0.05) is 46.4 Å². The smallest absolute Gasteiger partial charge is 0.255 e. The third-order valence-corrected chi connectivity index (χ3v) is 7.10. The molecule has 0 spiro atoms. The average Bonchev–Trinajstić information content (AvgIpc) is 3.40. The first-order chi connectivity index (χ1) is 17.0. The zero-order valence-corrected chi connectivity index (χ0v) is 21.8. The number of carbonyl (C=O) groups excluding carboxylic acids is 1. The average molecular weight is 484 g/mol. The van der Waals surface area contributed by atoms with Gasteiger partial charge in [-0.3, -0.25) is 9.78 Å². The predicted octanol–water partition coefficient (Wildman–Crippen LogP) is 8.05. The molecule has 35 heavy (non-hydrogen) atoms. The normalized spacial score (nSPS) is 12.9. The number of rotatable bonds is 4. The Morgan fingerprint density at radius 1 is 1.00 bits per heavy atom. The van der Waals surface area contributed by atoms with Crippen LogP contribution in [0, 0.1) is 13.8 Å². The molecule has 0 unspecified atom stereocenters. The second kappa shape index (κ2) is 11.4. The van der Waals surface area contributed by atoms with Crippen LogP contribution >= 0.6 is 11.9 Å². The van der Waals surface area contributed by atoms with Crippen molar-refractivity contribution in [1.29, 1.82) is 0 Å². The molecule has 0 saturated carbocycles. The van der Waals surface area contributed by atoms with Crippen LogP contribution in [0.3, 0.4) is 0 Å². The molecule has 1 aliphatic heterocycles. The Hall–Kier alpha value is -3.31. The maximum atomic E-state index is 13.1. The van der Waals surface area contributed by atoms with Crippen LogP contribution in [0.4, 0.5) is 11.4 Å². The number of nitrogens with one attached hydrogen (secondary N) is 1. The van der Waals surface area contributed by atoms with Crippen molar-refractivity contribution < 1.29 is 4.79 Å². The Bertz CT molecular complexity index is 1320. The first-order valence-electron chi connectivity index (χ1n) is 12.3. The zero-order chi connectivity index (χ0) is 24.8. The Morgan fingerprint density at radius 2 is 1.80 bits per heavy atom. The fraction of sp³-hybridized carbons (Fsp3) is 0.267. The van der Waals surface area contributed by atoms with Gasteiger partial charge in [0.2, 0.25) is 0 Å². The van der Waals surface area contributed by atoms with Crippen molar-refractivity contribution >= 4 is 40.0 Å². The zero-order valence-electron chi connectivity index (χ0n) is 21.0. The number of pyridine rings is 1. The number of carbonyl (C=O) groups is 1. The van der Waals surface area contributed by atoms with Gasteiger partial charge in [-0.1, -0.05) is 50.6 Å². The van der Waals surface area contributed by atoms with Gasteiger partial charge in [0.25, 0.3) is 5.91 Å². The number of amides is 1. The third kappa shape index (κ3) is 5.68. The Balaban J connectivity index is 0.000000917. The van der Waals surface area contributed by atoms with E-state index >= 15 is 0 Å². The van der Waals surface area contributed by atoms with Crippen LogP contribution in [0.25, 0.3) is 22.0 Å². The van der Waals surface area contributed by atoms with E-state index in [0.717, 1.165) is 51.1 Å². The number of anilines is 2. The van der Waals surface area contributed by atoms with Gasteiger partial charge in [0.05, 0.1) is 5.69 Å². The lowest BCUT2D eigenvalue weighted by molar-refractivity contribution is 0.102. The molecule has 1 aromatic heterocycles. The molecule has 0 atom stereocenters. The number of nitrogens with zero attached hydrogens (tertiary/aromatic N) is 2. The van der Waals surface area contributed by atoms with E-state index in [4.69, 9.17) is 0 Å². The van der Waals surface area contributed by atoms with Crippen LogP contribution in [0.2, 0.25) is 0 Å². The second-order valence-corrected chi connectivity index (χ2v) is 9.97. The molecule has 3 aromatic carbocycles. The predicted molar refractivity (Wildman–Crippen MR) is 151 cm³/mol. The molecule has 1 fully saturated rings. The summed E-state index contributed by atoms with van der Waals surface area (Å²) in [5.41, 5.74) is 6.69. The van der Waals surface area contributed by atoms with E-state index in [-0.39, 0.29) is 5.91 Å². The van der Waals surface area contributed by atoms with Crippen molar-refractivity contribution in [3.8, 4) is 11.3 Å². The molecule has 180 valence electrons. The SMILES string of the molecule is CCC.Cc1cc(N2CCCS2)ccc1C(=O)Nc1ccc(C)c(-c2nccc3ccccc23)c1. The van der Waals surface area contributed by atoms with Crippen LogP contribution in [0.15, 0.2) is 72.9 Å². The molecular formula is C30H33N3OS. The summed E-state index contributed by atoms with van der Waals surface area (Å²) < 4.78 is 2.30. The highest BCUT2D eigenvalue weighted by atomic mass is 32.2. The lowest BCUT2D eigenvalue weighted by atomic mass is 9.99. The van der Waals surface area contributed by atoms with Crippen LogP contribution in [-0.4, -0.2) is 23.2 Å². The molecule has 1 amide bonds. The monoisotopic (exact) mass is 483 g/mol. The van der Waals surface area contributed by atoms with Crippen molar-refractivity contribution in [2.45, 2.75) is 40.5 Å². The number of fused-ring (bicyclic) bond motifs is 1. The molecule has 1 aliphatic rings. The highest BCUT2D eigenvalue weighted by Gasteiger charge is 2.17. The van der Waals surface area contributed by atoms with Gasteiger partial charge in [0.15, 0.2) is 0 Å². The van der Waals surface area contributed by atoms with Crippen molar-refractivity contribution in [3.05, 3.63) is 89.6 Å². The molecule has 1 N–H and O–H groups in total. The Kier molecular flexibility index (Phi) is 8.09. The van der Waals surface area contributed by atoms with E-state index < -0.39 is 0 Å². The standard InChI is InChI=1S/C27H25N3OS.C3H8/c1-18-8-9-21(17-25(18)26-24-7-4-3-6-20(24)12-13-28-26)29-27(31)23-11-10-22(16-19(23)2)30-14-5-15-32-30;1-3-2/h3-4,6-13,16-17H,5,14-15H2,1-2H3,(H,29,31);3H2,1-2H3. The van der Waals surface area contributed by atoms with Gasteiger partial charge in [-0.2, -0.15) is 0 Å². The van der Waals surface area contributed by atoms with Crippen molar-refractivity contribution in [3.63, 3.8) is 0 Å². The summed E-state index contributed by atoms with van der Waals surface area (Å²) in [7, 11) is 0. The molecule has 2 heterocycles. The molecular weight excluding hydrogens is 450 g/mol. The summed E-state index contributed by atoms with van der Waals surface area (Å²) in [4.78, 5) is 17.7. The topological polar surface area (TPSA) is 45.2 Å².